The van der Waals surface area contributed by atoms with E-state index in [0.717, 1.165) is 4.90 Å². The zero-order valence-corrected chi connectivity index (χ0v) is 17.7. The highest BCUT2D eigenvalue weighted by molar-refractivity contribution is 6.36. The van der Waals surface area contributed by atoms with Gasteiger partial charge in [-0.25, -0.2) is 0 Å². The average Bonchev–Trinajstić information content (AvgIpc) is 3.04. The number of nitrogens with zero attached hydrogens (tertiary/aromatic N) is 3. The third kappa shape index (κ3) is 4.57. The Morgan fingerprint density at radius 1 is 1.06 bits per heavy atom. The lowest BCUT2D eigenvalue weighted by Crippen LogP contribution is -2.32. The molecule has 1 N–H and O–H groups in total. The van der Waals surface area contributed by atoms with Crippen molar-refractivity contribution in [1.82, 2.24) is 9.88 Å². The van der Waals surface area contributed by atoms with E-state index in [1.165, 1.54) is 24.3 Å². The van der Waals surface area contributed by atoms with Crippen LogP contribution in [0.2, 0.25) is 0 Å². The van der Waals surface area contributed by atoms with E-state index in [0.29, 0.717) is 29.2 Å². The summed E-state index contributed by atoms with van der Waals surface area (Å²) < 4.78 is 5.52. The van der Waals surface area contributed by atoms with Gasteiger partial charge in [-0.05, 0) is 48.4 Å². The molecule has 0 unspecified atom stereocenters. The van der Waals surface area contributed by atoms with Gasteiger partial charge in [0.2, 0.25) is 0 Å². The molecule has 0 fully saturated rings. The maximum atomic E-state index is 13.3. The van der Waals surface area contributed by atoms with E-state index in [4.69, 9.17) is 4.74 Å². The number of carbonyl (C=O) groups excluding carboxylic acids is 2. The van der Waals surface area contributed by atoms with Gasteiger partial charge in [0.1, 0.15) is 11.4 Å². The highest BCUT2D eigenvalue weighted by Crippen LogP contribution is 2.33. The van der Waals surface area contributed by atoms with Crippen molar-refractivity contribution in [1.29, 1.82) is 0 Å². The smallest absolute Gasteiger partial charge is 0.278 e. The molecule has 0 bridgehead atoms. The number of anilines is 1. The summed E-state index contributed by atoms with van der Waals surface area (Å²) in [5.74, 6) is -0.385. The van der Waals surface area contributed by atoms with E-state index >= 15 is 0 Å². The van der Waals surface area contributed by atoms with Gasteiger partial charge in [-0.15, -0.1) is 0 Å². The number of amides is 2. The number of pyridine rings is 1. The average molecular weight is 444 g/mol. The summed E-state index contributed by atoms with van der Waals surface area (Å²) in [4.78, 5) is 42.3. The minimum absolute atomic E-state index is 0.0478. The Morgan fingerprint density at radius 2 is 1.85 bits per heavy atom. The lowest BCUT2D eigenvalue weighted by Gasteiger charge is -2.15. The van der Waals surface area contributed by atoms with Crippen molar-refractivity contribution in [2.75, 3.05) is 11.9 Å². The van der Waals surface area contributed by atoms with Crippen LogP contribution in [0, 0.1) is 10.1 Å². The summed E-state index contributed by atoms with van der Waals surface area (Å²) in [5, 5.41) is 14.1. The number of carbonyl (C=O) groups is 2. The van der Waals surface area contributed by atoms with E-state index < -0.39 is 16.7 Å². The maximum Gasteiger partial charge on any atom is 0.278 e. The van der Waals surface area contributed by atoms with E-state index in [1.807, 2.05) is 6.92 Å². The SMILES string of the molecule is CCOc1cccc(NC2=C(c3ccc([N+](=O)[O-])cc3)C(=O)N(Cc3cccnc3)C2=O)c1. The number of benzene rings is 2. The zero-order chi connectivity index (χ0) is 23.4. The topological polar surface area (TPSA) is 115 Å². The number of aromatic nitrogens is 1. The molecule has 3 aromatic rings. The second-order valence-corrected chi connectivity index (χ2v) is 7.20. The van der Waals surface area contributed by atoms with Crippen LogP contribution in [-0.4, -0.2) is 33.2 Å². The first-order valence-corrected chi connectivity index (χ1v) is 10.2. The monoisotopic (exact) mass is 444 g/mol. The van der Waals surface area contributed by atoms with Crippen molar-refractivity contribution >= 4 is 28.8 Å². The lowest BCUT2D eigenvalue weighted by atomic mass is 10.0. The third-order valence-electron chi connectivity index (χ3n) is 5.01. The minimum Gasteiger partial charge on any atom is -0.494 e. The van der Waals surface area contributed by atoms with Gasteiger partial charge < -0.3 is 10.1 Å². The van der Waals surface area contributed by atoms with Gasteiger partial charge in [-0.3, -0.25) is 29.6 Å². The Hall–Kier alpha value is -4.53. The number of imide groups is 1. The Kier molecular flexibility index (Phi) is 6.12. The Labute approximate surface area is 189 Å². The summed E-state index contributed by atoms with van der Waals surface area (Å²) in [6.45, 7) is 2.40. The molecular formula is C24H20N4O5. The Bertz CT molecular complexity index is 1240. The lowest BCUT2D eigenvalue weighted by molar-refractivity contribution is -0.384. The molecular weight excluding hydrogens is 424 g/mol. The van der Waals surface area contributed by atoms with Crippen molar-refractivity contribution in [3.63, 3.8) is 0 Å². The molecule has 0 radical (unpaired) electrons. The number of hydrogen-bond donors (Lipinski definition) is 1. The van der Waals surface area contributed by atoms with Crippen molar-refractivity contribution < 1.29 is 19.2 Å². The van der Waals surface area contributed by atoms with Crippen LogP contribution in [-0.2, 0) is 16.1 Å². The first-order chi connectivity index (χ1) is 16.0. The summed E-state index contributed by atoms with van der Waals surface area (Å²) in [5.41, 5.74) is 1.78. The van der Waals surface area contributed by atoms with Crippen LogP contribution in [0.1, 0.15) is 18.1 Å². The summed E-state index contributed by atoms with van der Waals surface area (Å²) in [7, 11) is 0. The van der Waals surface area contributed by atoms with Gasteiger partial charge in [-0.2, -0.15) is 0 Å². The molecule has 2 amide bonds. The Morgan fingerprint density at radius 3 is 2.52 bits per heavy atom. The van der Waals surface area contributed by atoms with Crippen LogP contribution in [0.5, 0.6) is 5.75 Å². The van der Waals surface area contributed by atoms with E-state index in [9.17, 15) is 19.7 Å². The van der Waals surface area contributed by atoms with Gasteiger partial charge in [0.25, 0.3) is 17.5 Å². The van der Waals surface area contributed by atoms with Crippen LogP contribution in [0.3, 0.4) is 0 Å². The summed E-state index contributed by atoms with van der Waals surface area (Å²) in [6, 6.07) is 16.1. The van der Waals surface area contributed by atoms with Crippen LogP contribution in [0.25, 0.3) is 5.57 Å². The highest BCUT2D eigenvalue weighted by Gasteiger charge is 2.39. The maximum absolute atomic E-state index is 13.3. The number of non-ortho nitro benzene ring substituents is 1. The number of ether oxygens (including phenoxy) is 1. The molecule has 0 spiro atoms. The molecule has 0 aliphatic carbocycles. The van der Waals surface area contributed by atoms with Crippen molar-refractivity contribution in [3.8, 4) is 5.75 Å². The largest absolute Gasteiger partial charge is 0.494 e. The predicted octanol–water partition coefficient (Wildman–Crippen LogP) is 3.78. The number of rotatable bonds is 8. The number of nitro groups is 1. The third-order valence-corrected chi connectivity index (χ3v) is 5.01. The molecule has 1 aliphatic rings. The number of hydrogen-bond acceptors (Lipinski definition) is 7. The molecule has 4 rings (SSSR count). The molecule has 0 saturated heterocycles. The van der Waals surface area contributed by atoms with Gasteiger partial charge >= 0.3 is 0 Å². The molecule has 33 heavy (non-hydrogen) atoms. The molecule has 9 heteroatoms. The minimum atomic E-state index is -0.521. The van der Waals surface area contributed by atoms with E-state index in [2.05, 4.69) is 10.3 Å². The molecule has 0 atom stereocenters. The van der Waals surface area contributed by atoms with E-state index in [-0.39, 0.29) is 23.5 Å². The van der Waals surface area contributed by atoms with Gasteiger partial charge in [0.05, 0.1) is 23.6 Å². The van der Waals surface area contributed by atoms with Gasteiger partial charge in [-0.1, -0.05) is 12.1 Å². The highest BCUT2D eigenvalue weighted by atomic mass is 16.6. The molecule has 1 aliphatic heterocycles. The predicted molar refractivity (Wildman–Crippen MR) is 121 cm³/mol. The number of nitro benzene ring substituents is 1. The van der Waals surface area contributed by atoms with Crippen molar-refractivity contribution in [2.24, 2.45) is 0 Å². The molecule has 2 heterocycles. The van der Waals surface area contributed by atoms with Crippen LogP contribution < -0.4 is 10.1 Å². The Balaban J connectivity index is 1.73. The second-order valence-electron chi connectivity index (χ2n) is 7.20. The van der Waals surface area contributed by atoms with Crippen molar-refractivity contribution in [2.45, 2.75) is 13.5 Å². The molecule has 1 aromatic heterocycles. The van der Waals surface area contributed by atoms with Gasteiger partial charge in [0, 0.05) is 36.3 Å². The van der Waals surface area contributed by atoms with Crippen LogP contribution >= 0.6 is 0 Å². The molecule has 9 nitrogen and oxygen atoms in total. The quantitative estimate of drug-likeness (QED) is 0.319. The molecule has 2 aromatic carbocycles. The second kappa shape index (κ2) is 9.31. The summed E-state index contributed by atoms with van der Waals surface area (Å²) >= 11 is 0. The van der Waals surface area contributed by atoms with Gasteiger partial charge in [0.15, 0.2) is 0 Å². The summed E-state index contributed by atoms with van der Waals surface area (Å²) in [6.07, 6.45) is 3.19. The number of nitrogens with one attached hydrogen (secondary N) is 1. The first kappa shape index (κ1) is 21.7. The fourth-order valence-electron chi connectivity index (χ4n) is 3.50. The fraction of sp³-hybridized carbons (Fsp3) is 0.125. The van der Waals surface area contributed by atoms with E-state index in [1.54, 1.807) is 48.8 Å². The zero-order valence-electron chi connectivity index (χ0n) is 17.7. The molecule has 166 valence electrons. The van der Waals surface area contributed by atoms with Crippen molar-refractivity contribution in [3.05, 3.63) is 100.0 Å². The molecule has 0 saturated carbocycles. The van der Waals surface area contributed by atoms with Crippen LogP contribution in [0.4, 0.5) is 11.4 Å². The fourth-order valence-corrected chi connectivity index (χ4v) is 3.50. The standard InChI is InChI=1S/C24H20N4O5/c1-2-33-20-7-3-6-18(13-20)26-22-21(17-8-10-19(11-9-17)28(31)32)23(29)27(24(22)30)15-16-5-4-12-25-14-16/h3-14,26H,2,15H2,1H3. The first-order valence-electron chi connectivity index (χ1n) is 10.2. The normalized spacial score (nSPS) is 13.4. The van der Waals surface area contributed by atoms with Crippen LogP contribution in [0.15, 0.2) is 78.8 Å².